The minimum absolute atomic E-state index is 0.00479. The molecular formula is C33H35FN5O3. The summed E-state index contributed by atoms with van der Waals surface area (Å²) in [4.78, 5) is 29.9. The van der Waals surface area contributed by atoms with Gasteiger partial charge >= 0.3 is 0 Å². The van der Waals surface area contributed by atoms with Crippen LogP contribution in [-0.2, 0) is 13.5 Å². The number of halogens is 1. The van der Waals surface area contributed by atoms with E-state index in [0.29, 0.717) is 37.1 Å². The van der Waals surface area contributed by atoms with Gasteiger partial charge in [-0.3, -0.25) is 14.3 Å². The third kappa shape index (κ3) is 7.02. The molecule has 2 heterocycles. The third-order valence-corrected chi connectivity index (χ3v) is 7.61. The average Bonchev–Trinajstić information content (AvgIpc) is 3.33. The highest BCUT2D eigenvalue weighted by Gasteiger charge is 2.26. The van der Waals surface area contributed by atoms with Gasteiger partial charge in [0.25, 0.3) is 11.8 Å². The van der Waals surface area contributed by atoms with Gasteiger partial charge in [-0.25, -0.2) is 9.37 Å². The minimum atomic E-state index is -0.625. The van der Waals surface area contributed by atoms with Gasteiger partial charge in [-0.05, 0) is 86.4 Å². The molecule has 0 aliphatic heterocycles. The third-order valence-electron chi connectivity index (χ3n) is 7.61. The second kappa shape index (κ2) is 13.0. The van der Waals surface area contributed by atoms with Gasteiger partial charge in [0.2, 0.25) is 5.88 Å². The van der Waals surface area contributed by atoms with Crippen LogP contribution in [0.5, 0.6) is 11.6 Å². The number of hydrogen-bond donors (Lipinski definition) is 2. The first-order valence-electron chi connectivity index (χ1n) is 14.2. The predicted molar refractivity (Wildman–Crippen MR) is 159 cm³/mol. The lowest BCUT2D eigenvalue weighted by atomic mass is 9.91. The fraction of sp³-hybridized carbons (Fsp3) is 0.303. The molecule has 4 aromatic rings. The molecule has 217 valence electrons. The lowest BCUT2D eigenvalue weighted by molar-refractivity contribution is 0.0887. The first-order chi connectivity index (χ1) is 20.3. The summed E-state index contributed by atoms with van der Waals surface area (Å²) in [5.41, 5.74) is 4.53. The largest absolute Gasteiger partial charge is 0.438 e. The van der Waals surface area contributed by atoms with Crippen molar-refractivity contribution in [2.24, 2.45) is 7.05 Å². The molecule has 0 spiro atoms. The lowest BCUT2D eigenvalue weighted by Gasteiger charge is -2.29. The Labute approximate surface area is 245 Å². The van der Waals surface area contributed by atoms with Crippen LogP contribution in [0.3, 0.4) is 0 Å². The second-order valence-electron chi connectivity index (χ2n) is 10.7. The Morgan fingerprint density at radius 1 is 0.976 bits per heavy atom. The van der Waals surface area contributed by atoms with E-state index in [1.54, 1.807) is 23.9 Å². The van der Waals surface area contributed by atoms with Crippen LogP contribution < -0.4 is 15.4 Å². The second-order valence-corrected chi connectivity index (χ2v) is 10.7. The van der Waals surface area contributed by atoms with Crippen LogP contribution in [0.4, 0.5) is 4.39 Å². The number of aromatic nitrogens is 3. The highest BCUT2D eigenvalue weighted by Crippen LogP contribution is 2.29. The fourth-order valence-electron chi connectivity index (χ4n) is 5.17. The van der Waals surface area contributed by atoms with E-state index in [1.807, 2.05) is 25.1 Å². The SMILES string of the molecule is [CH2]CCc1ccc(-c2cccc(Oc3ncc(F)cc3C(=O)NC3CCC(NC(=O)c4cc(C)n(C)n4)CC3)c2)cc1. The number of benzene rings is 2. The molecule has 1 saturated carbocycles. The summed E-state index contributed by atoms with van der Waals surface area (Å²) in [6.45, 7) is 5.80. The summed E-state index contributed by atoms with van der Waals surface area (Å²) in [5.74, 6) is -0.760. The summed E-state index contributed by atoms with van der Waals surface area (Å²) in [6, 6.07) is 18.5. The van der Waals surface area contributed by atoms with E-state index >= 15 is 0 Å². The Morgan fingerprint density at radius 3 is 2.31 bits per heavy atom. The van der Waals surface area contributed by atoms with Gasteiger partial charge in [0, 0.05) is 24.8 Å². The first-order valence-corrected chi connectivity index (χ1v) is 14.2. The Hall–Kier alpha value is -4.53. The van der Waals surface area contributed by atoms with Crippen molar-refractivity contribution in [3.05, 3.63) is 102 Å². The van der Waals surface area contributed by atoms with Crippen LogP contribution >= 0.6 is 0 Å². The Bertz CT molecular complexity index is 1540. The average molecular weight is 569 g/mol. The van der Waals surface area contributed by atoms with Gasteiger partial charge in [0.15, 0.2) is 0 Å². The quantitative estimate of drug-likeness (QED) is 0.260. The smallest absolute Gasteiger partial charge is 0.272 e. The summed E-state index contributed by atoms with van der Waals surface area (Å²) in [6.07, 6.45) is 5.56. The van der Waals surface area contributed by atoms with Crippen LogP contribution in [0.1, 0.15) is 64.2 Å². The van der Waals surface area contributed by atoms with Crippen molar-refractivity contribution in [1.82, 2.24) is 25.4 Å². The number of aryl methyl sites for hydroxylation is 3. The molecule has 0 atom stereocenters. The molecule has 0 unspecified atom stereocenters. The summed E-state index contributed by atoms with van der Waals surface area (Å²) < 4.78 is 21.9. The van der Waals surface area contributed by atoms with Crippen molar-refractivity contribution in [2.45, 2.75) is 57.5 Å². The maximum absolute atomic E-state index is 14.2. The number of carbonyl (C=O) groups is 2. The molecule has 2 aromatic carbocycles. The molecule has 1 fully saturated rings. The van der Waals surface area contributed by atoms with E-state index in [-0.39, 0.29) is 29.4 Å². The van der Waals surface area contributed by atoms with Crippen molar-refractivity contribution < 1.29 is 18.7 Å². The number of rotatable bonds is 9. The maximum atomic E-state index is 14.2. The predicted octanol–water partition coefficient (Wildman–Crippen LogP) is 5.96. The van der Waals surface area contributed by atoms with E-state index < -0.39 is 11.7 Å². The molecule has 8 nitrogen and oxygen atoms in total. The standard InChI is InChI=1S/C33H35FN5O3/c1-4-6-22-9-11-23(12-10-22)24-7-5-8-28(18-24)42-33-29(19-25(34)20-35-33)31(40)36-26-13-15-27(16-14-26)37-32(41)30-17-21(2)39(3)38-30/h5,7-12,17-20,26-27H,1,4,6,13-16H2,2-3H3,(H,36,40)(H,37,41). The molecule has 9 heteroatoms. The number of ether oxygens (including phenoxy) is 1. The van der Waals surface area contributed by atoms with Crippen molar-refractivity contribution in [1.29, 1.82) is 0 Å². The van der Waals surface area contributed by atoms with Gasteiger partial charge in [0.05, 0.1) is 6.20 Å². The molecule has 1 aliphatic carbocycles. The van der Waals surface area contributed by atoms with Crippen LogP contribution in [0.15, 0.2) is 66.9 Å². The molecule has 1 radical (unpaired) electrons. The topological polar surface area (TPSA) is 98.1 Å². The van der Waals surface area contributed by atoms with Crippen LogP contribution in [0.25, 0.3) is 11.1 Å². The molecular weight excluding hydrogens is 533 g/mol. The Morgan fingerprint density at radius 2 is 1.67 bits per heavy atom. The van der Waals surface area contributed by atoms with Gasteiger partial charge in [-0.15, -0.1) is 0 Å². The number of nitrogens with zero attached hydrogens (tertiary/aromatic N) is 3. The Kier molecular flexibility index (Phi) is 8.95. The van der Waals surface area contributed by atoms with Crippen molar-refractivity contribution in [3.8, 4) is 22.8 Å². The van der Waals surface area contributed by atoms with Crippen molar-refractivity contribution in [2.75, 3.05) is 0 Å². The van der Waals surface area contributed by atoms with Crippen molar-refractivity contribution in [3.63, 3.8) is 0 Å². The summed E-state index contributed by atoms with van der Waals surface area (Å²) in [5, 5.41) is 10.3. The molecule has 42 heavy (non-hydrogen) atoms. The molecule has 0 bridgehead atoms. The van der Waals surface area contributed by atoms with Crippen LogP contribution in [0, 0.1) is 19.7 Å². The fourth-order valence-corrected chi connectivity index (χ4v) is 5.17. The number of hydrogen-bond acceptors (Lipinski definition) is 5. The van der Waals surface area contributed by atoms with Gasteiger partial charge < -0.3 is 15.4 Å². The van der Waals surface area contributed by atoms with E-state index in [2.05, 4.69) is 51.9 Å². The first kappa shape index (κ1) is 29.0. The van der Waals surface area contributed by atoms with Crippen LogP contribution in [-0.4, -0.2) is 38.7 Å². The minimum Gasteiger partial charge on any atom is -0.438 e. The normalized spacial score (nSPS) is 16.6. The van der Waals surface area contributed by atoms with Gasteiger partial charge in [-0.2, -0.15) is 5.10 Å². The number of nitrogens with one attached hydrogen (secondary N) is 2. The van der Waals surface area contributed by atoms with E-state index in [9.17, 15) is 14.0 Å². The van der Waals surface area contributed by atoms with E-state index in [1.165, 1.54) is 5.56 Å². The highest BCUT2D eigenvalue weighted by molar-refractivity contribution is 5.96. The summed E-state index contributed by atoms with van der Waals surface area (Å²) >= 11 is 0. The lowest BCUT2D eigenvalue weighted by Crippen LogP contribution is -2.44. The molecule has 0 saturated heterocycles. The van der Waals surface area contributed by atoms with Crippen LogP contribution in [0.2, 0.25) is 0 Å². The monoisotopic (exact) mass is 568 g/mol. The zero-order valence-corrected chi connectivity index (χ0v) is 23.9. The maximum Gasteiger partial charge on any atom is 0.272 e. The van der Waals surface area contributed by atoms with Gasteiger partial charge in [-0.1, -0.05) is 43.3 Å². The summed E-state index contributed by atoms with van der Waals surface area (Å²) in [7, 11) is 1.80. The molecule has 5 rings (SSSR count). The van der Waals surface area contributed by atoms with E-state index in [4.69, 9.17) is 4.74 Å². The molecule has 1 aliphatic rings. The van der Waals surface area contributed by atoms with Gasteiger partial charge in [0.1, 0.15) is 22.8 Å². The zero-order chi connectivity index (χ0) is 29.6. The zero-order valence-electron chi connectivity index (χ0n) is 23.9. The number of carbonyl (C=O) groups excluding carboxylic acids is 2. The number of amides is 2. The molecule has 2 N–H and O–H groups in total. The number of pyridine rings is 1. The van der Waals surface area contributed by atoms with E-state index in [0.717, 1.165) is 41.9 Å². The van der Waals surface area contributed by atoms with Crippen molar-refractivity contribution >= 4 is 11.8 Å². The molecule has 2 amide bonds. The molecule has 2 aromatic heterocycles. The Balaban J connectivity index is 1.21. The highest BCUT2D eigenvalue weighted by atomic mass is 19.1.